The van der Waals surface area contributed by atoms with Gasteiger partial charge in [0.25, 0.3) is 0 Å². The van der Waals surface area contributed by atoms with Gasteiger partial charge in [-0.2, -0.15) is 0 Å². The van der Waals surface area contributed by atoms with Crippen molar-refractivity contribution in [2.45, 2.75) is 32.4 Å². The zero-order valence-electron chi connectivity index (χ0n) is 17.5. The highest BCUT2D eigenvalue weighted by Gasteiger charge is 2.38. The van der Waals surface area contributed by atoms with Gasteiger partial charge in [-0.1, -0.05) is 30.3 Å². The molecule has 0 N–H and O–H groups in total. The molecule has 0 aromatic heterocycles. The molecule has 0 radical (unpaired) electrons. The molecule has 1 aliphatic rings. The first-order valence-electron chi connectivity index (χ1n) is 9.33. The van der Waals surface area contributed by atoms with Gasteiger partial charge in [-0.05, 0) is 27.0 Å². The van der Waals surface area contributed by atoms with Crippen molar-refractivity contribution in [3.05, 3.63) is 47.0 Å². The van der Waals surface area contributed by atoms with Gasteiger partial charge in [0.15, 0.2) is 11.8 Å². The molecule has 29 heavy (non-hydrogen) atoms. The largest absolute Gasteiger partial charge is 0.467 e. The summed E-state index contributed by atoms with van der Waals surface area (Å²) >= 11 is 1.42. The number of carbonyl (C=O) groups is 3. The zero-order valence-corrected chi connectivity index (χ0v) is 18.3. The van der Waals surface area contributed by atoms with E-state index in [1.807, 2.05) is 29.4 Å². The number of hydrogen-bond acceptors (Lipinski definition) is 7. The Bertz CT molecular complexity index is 773. The van der Waals surface area contributed by atoms with Crippen molar-refractivity contribution in [2.75, 3.05) is 33.0 Å². The summed E-state index contributed by atoms with van der Waals surface area (Å²) < 4.78 is 10.3. The van der Waals surface area contributed by atoms with Crippen LogP contribution in [-0.2, 0) is 14.3 Å². The molecule has 1 unspecified atom stereocenters. The van der Waals surface area contributed by atoms with Crippen molar-refractivity contribution in [1.82, 2.24) is 9.80 Å². The standard InChI is InChI=1S/C21H28N2O5S/c1-21(2,3)28-20(26)23-12-11-22(14-16(23)19(25)27-4)18(29-5)13-17(24)15-9-7-6-8-10-15/h6-10,13,16H,11-12,14H2,1-5H3. The predicted molar refractivity (Wildman–Crippen MR) is 113 cm³/mol. The number of nitrogens with zero attached hydrogens (tertiary/aromatic N) is 2. The maximum absolute atomic E-state index is 12.6. The molecule has 158 valence electrons. The molecule has 1 aliphatic heterocycles. The van der Waals surface area contributed by atoms with Gasteiger partial charge >= 0.3 is 12.1 Å². The molecule has 1 amide bonds. The van der Waals surface area contributed by atoms with Crippen LogP contribution in [0, 0.1) is 0 Å². The fourth-order valence-electron chi connectivity index (χ4n) is 2.94. The van der Waals surface area contributed by atoms with Crippen LogP contribution in [0.25, 0.3) is 0 Å². The Morgan fingerprint density at radius 3 is 2.34 bits per heavy atom. The van der Waals surface area contributed by atoms with Gasteiger partial charge in [0.1, 0.15) is 5.60 Å². The molecule has 0 bridgehead atoms. The molecule has 0 aliphatic carbocycles. The van der Waals surface area contributed by atoms with E-state index in [2.05, 4.69) is 0 Å². The Morgan fingerprint density at radius 1 is 1.14 bits per heavy atom. The maximum Gasteiger partial charge on any atom is 0.411 e. The van der Waals surface area contributed by atoms with Gasteiger partial charge in [0.05, 0.1) is 12.1 Å². The Kier molecular flexibility index (Phi) is 7.73. The van der Waals surface area contributed by atoms with Crippen LogP contribution in [0.4, 0.5) is 4.79 Å². The van der Waals surface area contributed by atoms with Crippen LogP contribution < -0.4 is 0 Å². The number of benzene rings is 1. The lowest BCUT2D eigenvalue weighted by Gasteiger charge is -2.41. The quantitative estimate of drug-likeness (QED) is 0.411. The van der Waals surface area contributed by atoms with E-state index in [9.17, 15) is 14.4 Å². The van der Waals surface area contributed by atoms with Crippen LogP contribution >= 0.6 is 11.8 Å². The lowest BCUT2D eigenvalue weighted by Crippen LogP contribution is -2.58. The topological polar surface area (TPSA) is 76.2 Å². The van der Waals surface area contributed by atoms with E-state index in [0.29, 0.717) is 12.1 Å². The van der Waals surface area contributed by atoms with Crippen molar-refractivity contribution in [3.8, 4) is 0 Å². The van der Waals surface area contributed by atoms with E-state index in [4.69, 9.17) is 9.47 Å². The molecule has 1 fully saturated rings. The summed E-state index contributed by atoms with van der Waals surface area (Å²) in [5, 5.41) is 0.733. The van der Waals surface area contributed by atoms with E-state index in [1.54, 1.807) is 39.0 Å². The first-order chi connectivity index (χ1) is 13.7. The minimum absolute atomic E-state index is 0.112. The monoisotopic (exact) mass is 420 g/mol. The highest BCUT2D eigenvalue weighted by atomic mass is 32.2. The van der Waals surface area contributed by atoms with E-state index in [-0.39, 0.29) is 18.9 Å². The van der Waals surface area contributed by atoms with Crippen molar-refractivity contribution in [1.29, 1.82) is 0 Å². The third kappa shape index (κ3) is 6.25. The summed E-state index contributed by atoms with van der Waals surface area (Å²) in [4.78, 5) is 40.8. The first kappa shape index (κ1) is 22.8. The van der Waals surface area contributed by atoms with Crippen LogP contribution in [-0.4, -0.2) is 72.3 Å². The van der Waals surface area contributed by atoms with E-state index < -0.39 is 23.7 Å². The SMILES string of the molecule is COC(=O)C1CN(C(=CC(=O)c2ccccc2)SC)CCN1C(=O)OC(C)(C)C. The highest BCUT2D eigenvalue weighted by molar-refractivity contribution is 8.02. The average molecular weight is 421 g/mol. The summed E-state index contributed by atoms with van der Waals surface area (Å²) in [6.07, 6.45) is 2.89. The van der Waals surface area contributed by atoms with E-state index in [1.165, 1.54) is 23.8 Å². The van der Waals surface area contributed by atoms with Gasteiger partial charge in [-0.3, -0.25) is 9.69 Å². The fraction of sp³-hybridized carbons (Fsp3) is 0.476. The van der Waals surface area contributed by atoms with Crippen LogP contribution in [0.1, 0.15) is 31.1 Å². The molecule has 0 saturated carbocycles. The van der Waals surface area contributed by atoms with Crippen molar-refractivity contribution in [2.24, 2.45) is 0 Å². The third-order valence-corrected chi connectivity index (χ3v) is 5.11. The Balaban J connectivity index is 2.20. The maximum atomic E-state index is 12.6. The van der Waals surface area contributed by atoms with E-state index >= 15 is 0 Å². The molecule has 1 saturated heterocycles. The zero-order chi connectivity index (χ0) is 21.6. The molecule has 0 spiro atoms. The number of rotatable bonds is 5. The van der Waals surface area contributed by atoms with Gasteiger partial charge < -0.3 is 14.4 Å². The number of esters is 1. The summed E-state index contributed by atoms with van der Waals surface area (Å²) in [7, 11) is 1.29. The number of amides is 1. The van der Waals surface area contributed by atoms with Crippen molar-refractivity contribution >= 4 is 29.6 Å². The molecule has 7 nitrogen and oxygen atoms in total. The molecule has 1 atom stereocenters. The summed E-state index contributed by atoms with van der Waals surface area (Å²) in [6.45, 7) is 6.31. The average Bonchev–Trinajstić information content (AvgIpc) is 2.70. The summed E-state index contributed by atoms with van der Waals surface area (Å²) in [5.41, 5.74) is -0.0719. The number of piperazine rings is 1. The number of allylic oxidation sites excluding steroid dienone is 1. The normalized spacial score (nSPS) is 17.7. The number of methoxy groups -OCH3 is 1. The minimum atomic E-state index is -0.814. The van der Waals surface area contributed by atoms with Gasteiger partial charge in [-0.25, -0.2) is 9.59 Å². The van der Waals surface area contributed by atoms with Crippen LogP contribution in [0.2, 0.25) is 0 Å². The second-order valence-electron chi connectivity index (χ2n) is 7.58. The Morgan fingerprint density at radius 2 is 1.79 bits per heavy atom. The lowest BCUT2D eigenvalue weighted by atomic mass is 10.1. The van der Waals surface area contributed by atoms with Gasteiger partial charge in [0, 0.05) is 31.3 Å². The molecule has 2 rings (SSSR count). The number of hydrogen-bond donors (Lipinski definition) is 0. The second kappa shape index (κ2) is 9.82. The predicted octanol–water partition coefficient (Wildman–Crippen LogP) is 3.17. The minimum Gasteiger partial charge on any atom is -0.467 e. The summed E-state index contributed by atoms with van der Waals surface area (Å²) in [5.74, 6) is -0.630. The molecule has 1 aromatic carbocycles. The van der Waals surface area contributed by atoms with E-state index in [0.717, 1.165) is 5.03 Å². The molecule has 1 heterocycles. The Hall–Kier alpha value is -2.48. The highest BCUT2D eigenvalue weighted by Crippen LogP contribution is 2.24. The second-order valence-corrected chi connectivity index (χ2v) is 8.40. The molecule has 1 aromatic rings. The first-order valence-corrected chi connectivity index (χ1v) is 10.6. The van der Waals surface area contributed by atoms with Crippen molar-refractivity contribution in [3.63, 3.8) is 0 Å². The van der Waals surface area contributed by atoms with Crippen LogP contribution in [0.3, 0.4) is 0 Å². The third-order valence-electron chi connectivity index (χ3n) is 4.32. The number of carbonyl (C=O) groups excluding carboxylic acids is 3. The molecule has 8 heteroatoms. The molecular weight excluding hydrogens is 392 g/mol. The van der Waals surface area contributed by atoms with Crippen LogP contribution in [0.15, 0.2) is 41.4 Å². The number of thioether (sulfide) groups is 1. The van der Waals surface area contributed by atoms with Gasteiger partial charge in [-0.15, -0.1) is 11.8 Å². The lowest BCUT2D eigenvalue weighted by molar-refractivity contribution is -0.148. The Labute approximate surface area is 176 Å². The number of ketones is 1. The van der Waals surface area contributed by atoms with Crippen molar-refractivity contribution < 1.29 is 23.9 Å². The molecular formula is C21H28N2O5S. The number of ether oxygens (including phenoxy) is 2. The summed E-state index contributed by atoms with van der Waals surface area (Å²) in [6, 6.07) is 8.18. The van der Waals surface area contributed by atoms with Crippen LogP contribution in [0.5, 0.6) is 0 Å². The fourth-order valence-corrected chi connectivity index (χ4v) is 3.59. The smallest absolute Gasteiger partial charge is 0.411 e. The van der Waals surface area contributed by atoms with Gasteiger partial charge in [0.2, 0.25) is 0 Å².